The number of Topliss-reactive ketones (excluding diaryl/α,β-unsaturated/α-hetero) is 2. The lowest BCUT2D eigenvalue weighted by molar-refractivity contribution is -0.334. The number of benzene rings is 2. The highest BCUT2D eigenvalue weighted by Crippen LogP contribution is 2.47. The Bertz CT molecular complexity index is 2350. The van der Waals surface area contributed by atoms with Gasteiger partial charge < -0.3 is 108 Å². The lowest BCUT2D eigenvalue weighted by atomic mass is 9.75. The molecule has 24 heteroatoms. The van der Waals surface area contributed by atoms with E-state index in [9.17, 15) is 61.0 Å². The number of aliphatic hydroxyl groups is 9. The molecule has 2 aromatic carbocycles. The summed E-state index contributed by atoms with van der Waals surface area (Å²) in [6, 6.07) is 3.03. The number of rotatable bonds is 15. The van der Waals surface area contributed by atoms with E-state index in [1.165, 1.54) is 46.9 Å². The van der Waals surface area contributed by atoms with Gasteiger partial charge in [-0.1, -0.05) is 0 Å². The van der Waals surface area contributed by atoms with Crippen LogP contribution in [0, 0.1) is 12.8 Å². The topological polar surface area (TPSA) is 358 Å². The molecule has 5 fully saturated rings. The molecule has 0 aromatic heterocycles. The van der Waals surface area contributed by atoms with E-state index >= 15 is 4.79 Å². The SMILES string of the molecule is CO[C@H](C(=O)[C@H](O)[C@@H](C)O)[C@H]1Cc2cc3cc(O[C@H]4C[C@@H](O[C@H]5C[C@@H](O)[C@@H](O)[C@@H](C)O5)[C@H](O)[C@@H](C)O4)c(C)c(O)c3c(O)c2C(=O)[C@@H]1O[C@@H]1C[C@H](O[C@@H]2C[C@H](O[C@@H]3C[C@@](C)(O)[C@H](O)C(C)O3)[C@H](O)[C@@H](C)O2)[C@H](O)[C@@H](C)O1. The lowest BCUT2D eigenvalue weighted by Crippen LogP contribution is -2.58. The maximum absolute atomic E-state index is 15.0. The monoisotopic (exact) mass is 1080 g/mol. The largest absolute Gasteiger partial charge is 0.507 e. The number of aliphatic hydroxyl groups excluding tert-OH is 8. The van der Waals surface area contributed by atoms with Gasteiger partial charge in [-0.25, -0.2) is 0 Å². The van der Waals surface area contributed by atoms with Gasteiger partial charge >= 0.3 is 0 Å². The number of methoxy groups -OCH3 is 1. The highest BCUT2D eigenvalue weighted by molar-refractivity contribution is 6.11. The minimum Gasteiger partial charge on any atom is -0.507 e. The lowest BCUT2D eigenvalue weighted by Gasteiger charge is -2.46. The van der Waals surface area contributed by atoms with Gasteiger partial charge in [0.05, 0.1) is 77.6 Å². The molecule has 8 rings (SSSR count). The molecule has 2 aromatic rings. The van der Waals surface area contributed by atoms with E-state index in [0.717, 1.165) is 0 Å². The Morgan fingerprint density at radius 3 is 1.70 bits per heavy atom. The van der Waals surface area contributed by atoms with Crippen molar-refractivity contribution < 1.29 is 118 Å². The average molecular weight is 1090 g/mol. The van der Waals surface area contributed by atoms with Crippen molar-refractivity contribution in [2.24, 2.45) is 5.92 Å². The Hall–Kier alpha value is -3.32. The van der Waals surface area contributed by atoms with Crippen molar-refractivity contribution in [3.63, 3.8) is 0 Å². The summed E-state index contributed by atoms with van der Waals surface area (Å²) in [5, 5.41) is 120. The van der Waals surface area contributed by atoms with Gasteiger partial charge in [-0.05, 0) is 84.9 Å². The van der Waals surface area contributed by atoms with Crippen LogP contribution in [0.25, 0.3) is 10.8 Å². The highest BCUT2D eigenvalue weighted by atomic mass is 16.7. The zero-order valence-electron chi connectivity index (χ0n) is 44.0. The molecule has 5 aliphatic heterocycles. The molecule has 0 saturated carbocycles. The Morgan fingerprint density at radius 1 is 0.684 bits per heavy atom. The number of aromatic hydroxyl groups is 2. The maximum Gasteiger partial charge on any atom is 0.202 e. The molecular weight excluding hydrogens is 1010 g/mol. The van der Waals surface area contributed by atoms with E-state index in [4.69, 9.17) is 52.1 Å². The van der Waals surface area contributed by atoms with Crippen molar-refractivity contribution in [1.29, 1.82) is 0 Å². The first-order valence-electron chi connectivity index (χ1n) is 26.0. The number of phenolic OH excluding ortho intramolecular Hbond substituents is 2. The Morgan fingerprint density at radius 2 is 1.17 bits per heavy atom. The summed E-state index contributed by atoms with van der Waals surface area (Å²) in [6.07, 6.45) is -27.0. The zero-order valence-corrected chi connectivity index (χ0v) is 44.0. The molecule has 76 heavy (non-hydrogen) atoms. The van der Waals surface area contributed by atoms with E-state index < -0.39 is 176 Å². The van der Waals surface area contributed by atoms with Crippen molar-refractivity contribution in [3.05, 3.63) is 28.8 Å². The summed E-state index contributed by atoms with van der Waals surface area (Å²) in [6.45, 7) is 12.1. The predicted molar refractivity (Wildman–Crippen MR) is 259 cm³/mol. The molecule has 5 saturated heterocycles. The van der Waals surface area contributed by atoms with E-state index in [2.05, 4.69) is 0 Å². The molecule has 428 valence electrons. The van der Waals surface area contributed by atoms with Crippen molar-refractivity contribution >= 4 is 22.3 Å². The van der Waals surface area contributed by atoms with Crippen molar-refractivity contribution in [1.82, 2.24) is 0 Å². The van der Waals surface area contributed by atoms with E-state index in [1.54, 1.807) is 27.7 Å². The summed E-state index contributed by atoms with van der Waals surface area (Å²) < 4.78 is 66.5. The number of phenols is 2. The third-order valence-corrected chi connectivity index (χ3v) is 15.9. The van der Waals surface area contributed by atoms with Crippen LogP contribution in [0.3, 0.4) is 0 Å². The molecule has 5 heterocycles. The standard InChI is InChI=1S/C52H76O24/c1-18-29(72-34-14-30(43(58)21(4)68-34)73-33-13-28(54)42(57)20(3)67-33)12-26-10-25-11-27(49(66-9)48(63)41(56)19(2)53)50(47(62)39(25)46(61)38(26)40(18)55)76-36-16-31(44(59)23(6)70-36)74-35-15-32(45(60)22(5)69-35)75-37-17-52(8,65)51(64)24(7)71-37/h10,12,19-24,27-28,30-37,41-45,49-51,53-61,64-65H,11,13-17H2,1-9H3/t19-,20-,21-,22-,23-,24?,27-,28-,30-,31+,32+,33+,34+,35-,36-,37-,41-,42+,43-,44-,45-,49+,50-,51-,52-/m1/s1. The highest BCUT2D eigenvalue weighted by Gasteiger charge is 2.51. The fourth-order valence-electron chi connectivity index (χ4n) is 11.3. The smallest absolute Gasteiger partial charge is 0.202 e. The van der Waals surface area contributed by atoms with Crippen LogP contribution in [0.2, 0.25) is 0 Å². The Balaban J connectivity index is 1.04. The first-order chi connectivity index (χ1) is 35.7. The van der Waals surface area contributed by atoms with Gasteiger partial charge in [-0.3, -0.25) is 9.59 Å². The first kappa shape index (κ1) is 58.8. The predicted octanol–water partition coefficient (Wildman–Crippen LogP) is -0.249. The summed E-state index contributed by atoms with van der Waals surface area (Å²) >= 11 is 0. The van der Waals surface area contributed by atoms with Crippen molar-refractivity contribution in [2.75, 3.05) is 7.11 Å². The van der Waals surface area contributed by atoms with Crippen LogP contribution in [0.15, 0.2) is 12.1 Å². The zero-order chi connectivity index (χ0) is 55.6. The quantitative estimate of drug-likeness (QED) is 0.110. The summed E-state index contributed by atoms with van der Waals surface area (Å²) in [4.78, 5) is 28.9. The fraction of sp³-hybridized carbons (Fsp3) is 0.769. The van der Waals surface area contributed by atoms with Gasteiger partial charge in [-0.15, -0.1) is 0 Å². The third kappa shape index (κ3) is 11.9. The van der Waals surface area contributed by atoms with Crippen LogP contribution in [-0.2, 0) is 58.6 Å². The molecule has 24 nitrogen and oxygen atoms in total. The van der Waals surface area contributed by atoms with E-state index in [1.807, 2.05) is 0 Å². The van der Waals surface area contributed by atoms with Crippen LogP contribution in [0.4, 0.5) is 0 Å². The van der Waals surface area contributed by atoms with Gasteiger partial charge in [0.25, 0.3) is 0 Å². The number of carbonyl (C=O) groups is 2. The second-order valence-electron chi connectivity index (χ2n) is 21.7. The van der Waals surface area contributed by atoms with Crippen LogP contribution in [0.5, 0.6) is 17.2 Å². The Labute approximate surface area is 439 Å². The molecule has 6 aliphatic rings. The van der Waals surface area contributed by atoms with Crippen LogP contribution < -0.4 is 4.74 Å². The minimum atomic E-state index is -1.95. The summed E-state index contributed by atoms with van der Waals surface area (Å²) in [5.41, 5.74) is -1.47. The molecular formula is C52H76O24. The normalized spacial score (nSPS) is 42.5. The summed E-state index contributed by atoms with van der Waals surface area (Å²) in [5.74, 6) is -4.07. The van der Waals surface area contributed by atoms with E-state index in [-0.39, 0.29) is 71.7 Å². The molecule has 11 N–H and O–H groups in total. The number of fused-ring (bicyclic) bond motifs is 2. The van der Waals surface area contributed by atoms with Gasteiger partial charge in [0.1, 0.15) is 66.1 Å². The maximum atomic E-state index is 15.0. The summed E-state index contributed by atoms with van der Waals surface area (Å²) in [7, 11) is 1.18. The number of hydrogen-bond donors (Lipinski definition) is 11. The molecule has 0 spiro atoms. The minimum absolute atomic E-state index is 0.0365. The van der Waals surface area contributed by atoms with Crippen LogP contribution >= 0.6 is 0 Å². The molecule has 0 radical (unpaired) electrons. The molecule has 25 atom stereocenters. The van der Waals surface area contributed by atoms with Crippen LogP contribution in [-0.4, -0.2) is 222 Å². The van der Waals surface area contributed by atoms with Gasteiger partial charge in [0.2, 0.25) is 6.29 Å². The van der Waals surface area contributed by atoms with Crippen molar-refractivity contribution in [2.45, 2.75) is 241 Å². The van der Waals surface area contributed by atoms with Gasteiger partial charge in [0.15, 0.2) is 36.7 Å². The first-order valence-corrected chi connectivity index (χ1v) is 26.0. The molecule has 0 bridgehead atoms. The Kier molecular flexibility index (Phi) is 18.1. The second-order valence-corrected chi connectivity index (χ2v) is 21.7. The van der Waals surface area contributed by atoms with Gasteiger partial charge in [0, 0.05) is 50.7 Å². The van der Waals surface area contributed by atoms with Crippen LogP contribution in [0.1, 0.15) is 102 Å². The number of hydrogen-bond acceptors (Lipinski definition) is 24. The fourth-order valence-corrected chi connectivity index (χ4v) is 11.3. The second kappa shape index (κ2) is 23.4. The third-order valence-electron chi connectivity index (χ3n) is 15.9. The number of carbonyl (C=O) groups excluding carboxylic acids is 2. The van der Waals surface area contributed by atoms with E-state index in [0.29, 0.717) is 0 Å². The molecule has 0 amide bonds. The average Bonchev–Trinajstić information content (AvgIpc) is 3.38. The van der Waals surface area contributed by atoms with Gasteiger partial charge in [-0.2, -0.15) is 0 Å². The number of ether oxygens (including phenoxy) is 11. The number of ketones is 2. The molecule has 1 aliphatic carbocycles. The van der Waals surface area contributed by atoms with Crippen molar-refractivity contribution in [3.8, 4) is 17.2 Å². The molecule has 1 unspecified atom stereocenters.